The van der Waals surface area contributed by atoms with E-state index in [2.05, 4.69) is 0 Å². The minimum absolute atomic E-state index is 0.250. The fourth-order valence-electron chi connectivity index (χ4n) is 5.48. The number of aliphatic hydroxyl groups is 6. The molecule has 306 valence electrons. The van der Waals surface area contributed by atoms with E-state index in [4.69, 9.17) is 30.6 Å². The quantitative estimate of drug-likeness (QED) is 0.149. The molecular formula is C43H98O6. The third kappa shape index (κ3) is 106. The summed E-state index contributed by atoms with van der Waals surface area (Å²) >= 11 is 0. The Morgan fingerprint density at radius 1 is 0.163 bits per heavy atom. The second-order valence-corrected chi connectivity index (χ2v) is 12.9. The molecule has 1 rings (SSSR count). The fraction of sp³-hybridized carbons (Fsp3) is 1.00. The van der Waals surface area contributed by atoms with E-state index in [0.29, 0.717) is 0 Å². The van der Waals surface area contributed by atoms with Crippen LogP contribution in [0.15, 0.2) is 0 Å². The molecule has 6 N–H and O–H groups in total. The molecule has 1 saturated carbocycles. The highest BCUT2D eigenvalue weighted by Gasteiger charge is 1.98. The second kappa shape index (κ2) is 77.3. The van der Waals surface area contributed by atoms with Gasteiger partial charge in [0.15, 0.2) is 0 Å². The summed E-state index contributed by atoms with van der Waals surface area (Å²) in [5.74, 6) is 0. The van der Waals surface area contributed by atoms with Gasteiger partial charge in [0, 0.05) is 39.6 Å². The van der Waals surface area contributed by atoms with Gasteiger partial charge in [0.25, 0.3) is 0 Å². The van der Waals surface area contributed by atoms with Gasteiger partial charge in [0.05, 0.1) is 0 Å². The number of aliphatic hydroxyl groups excluding tert-OH is 6. The van der Waals surface area contributed by atoms with E-state index in [0.717, 1.165) is 0 Å². The molecule has 0 amide bonds. The van der Waals surface area contributed by atoms with Crippen molar-refractivity contribution in [3.63, 3.8) is 0 Å². The summed E-state index contributed by atoms with van der Waals surface area (Å²) in [5, 5.41) is 45.4. The Balaban J connectivity index is -0.000000213. The normalized spacial score (nSPS) is 17.4. The molecule has 0 saturated heterocycles. The predicted octanol–water partition coefficient (Wildman–Crippen LogP) is 12.1. The number of hydrogen-bond donors (Lipinski definition) is 6. The molecule has 1 fully saturated rings. The van der Waals surface area contributed by atoms with Crippen molar-refractivity contribution in [2.75, 3.05) is 39.6 Å². The topological polar surface area (TPSA) is 121 Å². The molecule has 0 atom stereocenters. The van der Waals surface area contributed by atoms with Gasteiger partial charge in [-0.25, -0.2) is 0 Å². The van der Waals surface area contributed by atoms with Crippen LogP contribution >= 0.6 is 0 Å². The highest BCUT2D eigenvalue weighted by atomic mass is 16.3. The maximum Gasteiger partial charge on any atom is 0.0402 e. The van der Waals surface area contributed by atoms with Gasteiger partial charge < -0.3 is 30.6 Å². The fourth-order valence-corrected chi connectivity index (χ4v) is 5.48. The molecule has 1 aliphatic carbocycles. The Morgan fingerprint density at radius 2 is 0.184 bits per heavy atom. The Labute approximate surface area is 310 Å². The van der Waals surface area contributed by atoms with Gasteiger partial charge in [-0.3, -0.25) is 0 Å². The Bertz CT molecular complexity index is 243. The maximum atomic E-state index is 7.57. The summed E-state index contributed by atoms with van der Waals surface area (Å²) in [7, 11) is 0. The van der Waals surface area contributed by atoms with Crippen LogP contribution in [-0.2, 0) is 0 Å². The van der Waals surface area contributed by atoms with Crippen molar-refractivity contribution in [2.24, 2.45) is 0 Å². The molecule has 0 aromatic heterocycles. The monoisotopic (exact) mass is 711 g/mol. The second-order valence-electron chi connectivity index (χ2n) is 12.9. The molecule has 6 heteroatoms. The average molecular weight is 711 g/mol. The van der Waals surface area contributed by atoms with Crippen molar-refractivity contribution in [1.82, 2.24) is 0 Å². The molecule has 0 aliphatic heterocycles. The zero-order valence-corrected chi connectivity index (χ0v) is 34.8. The van der Waals surface area contributed by atoms with E-state index in [1.807, 2.05) is 0 Å². The molecule has 6 nitrogen and oxygen atoms in total. The summed E-state index contributed by atoms with van der Waals surface area (Å²) in [6.45, 7) is 11.6. The van der Waals surface area contributed by atoms with Crippen LogP contribution in [0.3, 0.4) is 0 Å². The van der Waals surface area contributed by atoms with Gasteiger partial charge in [0.1, 0.15) is 0 Å². The minimum atomic E-state index is 0.250. The predicted molar refractivity (Wildman–Crippen MR) is 220 cm³/mol. The lowest BCUT2D eigenvalue weighted by Gasteiger charge is -2.04. The van der Waals surface area contributed by atoms with Gasteiger partial charge in [-0.05, 0) is 41.5 Å². The van der Waals surface area contributed by atoms with Crippen molar-refractivity contribution >= 4 is 0 Å². The lowest BCUT2D eigenvalue weighted by Crippen LogP contribution is -1.84. The van der Waals surface area contributed by atoms with Crippen LogP contribution in [0.25, 0.3) is 0 Å². The molecule has 0 aromatic carbocycles. The van der Waals surface area contributed by atoms with Gasteiger partial charge in [0.2, 0.25) is 0 Å². The largest absolute Gasteiger partial charge is 0.397 e. The lowest BCUT2D eigenvalue weighted by molar-refractivity contribution is 0.318. The van der Waals surface area contributed by atoms with Crippen LogP contribution in [0.2, 0.25) is 0 Å². The van der Waals surface area contributed by atoms with Crippen molar-refractivity contribution in [2.45, 2.75) is 241 Å². The smallest absolute Gasteiger partial charge is 0.0402 e. The molecule has 0 bridgehead atoms. The van der Waals surface area contributed by atoms with E-state index >= 15 is 0 Å². The molecule has 0 spiro atoms. The third-order valence-electron chi connectivity index (χ3n) is 7.75. The number of hydrogen-bond acceptors (Lipinski definition) is 6. The highest BCUT2D eigenvalue weighted by Crippen LogP contribution is 2.17. The molecular weight excluding hydrogens is 612 g/mol. The highest BCUT2D eigenvalue weighted by molar-refractivity contribution is 4.53. The van der Waals surface area contributed by atoms with Crippen LogP contribution in [0, 0.1) is 0 Å². The zero-order valence-electron chi connectivity index (χ0n) is 34.8. The summed E-state index contributed by atoms with van der Waals surface area (Å²) in [4.78, 5) is 0. The van der Waals surface area contributed by atoms with Gasteiger partial charge in [-0.1, -0.05) is 199 Å². The lowest BCUT2D eigenvalue weighted by atomic mass is 10.0. The molecule has 0 aromatic rings. The average Bonchev–Trinajstić information content (AvgIpc) is 3.06. The van der Waals surface area contributed by atoms with Crippen LogP contribution < -0.4 is 0 Å². The van der Waals surface area contributed by atoms with Crippen LogP contribution in [0.5, 0.6) is 0 Å². The molecule has 0 radical (unpaired) electrons. The van der Waals surface area contributed by atoms with Crippen molar-refractivity contribution < 1.29 is 30.6 Å². The van der Waals surface area contributed by atoms with E-state index in [-0.39, 0.29) is 39.6 Å². The minimum Gasteiger partial charge on any atom is -0.397 e. The first-order valence-electron chi connectivity index (χ1n) is 21.6. The van der Waals surface area contributed by atoms with Gasteiger partial charge >= 0.3 is 0 Å². The van der Waals surface area contributed by atoms with Gasteiger partial charge in [-0.15, -0.1) is 0 Å². The first-order chi connectivity index (χ1) is 24.0. The standard InChI is InChI=1S/C31H62.6C2H6O/c1-2-4-6-8-10-12-14-16-18-20-22-24-26-28-30-31-29-27-25-23-21-19-17-15-13-11-9-7-5-3-1;6*1-2-3/h1-31H2;6*3H,2H2,1H3. The van der Waals surface area contributed by atoms with E-state index < -0.39 is 0 Å². The van der Waals surface area contributed by atoms with E-state index in [9.17, 15) is 0 Å². The van der Waals surface area contributed by atoms with Crippen molar-refractivity contribution in [1.29, 1.82) is 0 Å². The van der Waals surface area contributed by atoms with Crippen molar-refractivity contribution in [3.05, 3.63) is 0 Å². The van der Waals surface area contributed by atoms with Crippen LogP contribution in [-0.4, -0.2) is 70.3 Å². The zero-order chi connectivity index (χ0) is 38.2. The molecule has 49 heavy (non-hydrogen) atoms. The summed E-state index contributed by atoms with van der Waals surface area (Å²) in [6.07, 6.45) is 46.5. The summed E-state index contributed by atoms with van der Waals surface area (Å²) in [6, 6.07) is 0. The van der Waals surface area contributed by atoms with E-state index in [1.165, 1.54) is 199 Å². The van der Waals surface area contributed by atoms with Crippen LogP contribution in [0.1, 0.15) is 241 Å². The Hall–Kier alpha value is -0.240. The Morgan fingerprint density at radius 3 is 0.204 bits per heavy atom. The molecule has 1 aliphatic rings. The molecule has 0 heterocycles. The van der Waals surface area contributed by atoms with Crippen molar-refractivity contribution in [3.8, 4) is 0 Å². The summed E-state index contributed by atoms with van der Waals surface area (Å²) in [5.41, 5.74) is 0. The SMILES string of the molecule is C1CCCCCCCCCCCCCCCCCCCCCCCCCCCCCC1.CCO.CCO.CCO.CCO.CCO.CCO. The summed E-state index contributed by atoms with van der Waals surface area (Å²) < 4.78 is 0. The maximum absolute atomic E-state index is 7.57. The first kappa shape index (κ1) is 60.8. The third-order valence-corrected chi connectivity index (χ3v) is 7.75. The van der Waals surface area contributed by atoms with E-state index in [1.54, 1.807) is 41.5 Å². The molecule has 0 unspecified atom stereocenters. The first-order valence-corrected chi connectivity index (χ1v) is 21.6. The van der Waals surface area contributed by atoms with Gasteiger partial charge in [-0.2, -0.15) is 0 Å². The number of rotatable bonds is 0. The van der Waals surface area contributed by atoms with Crippen LogP contribution in [0.4, 0.5) is 0 Å². The Kier molecular flexibility index (Phi) is 95.9.